The molecule has 0 fully saturated rings. The molecule has 0 bridgehead atoms. The van der Waals surface area contributed by atoms with Gasteiger partial charge >= 0.3 is 0 Å². The van der Waals surface area contributed by atoms with Crippen molar-refractivity contribution < 1.29 is 17.4 Å². The Balaban J connectivity index is 0. The van der Waals surface area contributed by atoms with Gasteiger partial charge in [0.25, 0.3) is 0 Å². The average molecular weight is 91.1 g/mol. The summed E-state index contributed by atoms with van der Waals surface area (Å²) in [5.41, 5.74) is 0. The summed E-state index contributed by atoms with van der Waals surface area (Å²) in [5, 5.41) is 0. The molecule has 0 unspecified atom stereocenters. The van der Waals surface area contributed by atoms with E-state index in [9.17, 15) is 0 Å². The van der Waals surface area contributed by atoms with Crippen LogP contribution in [0, 0.1) is 12.3 Å². The second kappa shape index (κ2) is 11.3. The van der Waals surface area contributed by atoms with E-state index in [0.29, 0.717) is 0 Å². The van der Waals surface area contributed by atoms with Crippen LogP contribution in [0.4, 0.5) is 0 Å². The van der Waals surface area contributed by atoms with Gasteiger partial charge in [0.05, 0.1) is 0 Å². The molecule has 0 N–H and O–H groups in total. The third kappa shape index (κ3) is 292. The third-order valence-electron chi connectivity index (χ3n) is 0. The van der Waals surface area contributed by atoms with Crippen molar-refractivity contribution in [1.29, 1.82) is 0 Å². The Morgan fingerprint density at radius 1 is 1.75 bits per heavy atom. The Morgan fingerprint density at radius 2 is 1.75 bits per heavy atom. The van der Waals surface area contributed by atoms with Gasteiger partial charge < -0.3 is 12.3 Å². The smallest absolute Gasteiger partial charge is 0 e. The summed E-state index contributed by atoms with van der Waals surface area (Å²) in [6.07, 6.45) is 5.96. The van der Waals surface area contributed by atoms with Gasteiger partial charge in [-0.25, -0.2) is 0 Å². The van der Waals surface area contributed by atoms with Crippen LogP contribution in [0.3, 0.4) is 0 Å². The third-order valence-corrected chi connectivity index (χ3v) is 0. The molecule has 0 aliphatic carbocycles. The van der Waals surface area contributed by atoms with Crippen molar-refractivity contribution in [3.8, 4) is 5.92 Å². The number of rotatable bonds is 0. The Morgan fingerprint density at radius 3 is 1.75 bits per heavy atom. The zero-order valence-electron chi connectivity index (χ0n) is 2.41. The molecule has 0 aromatic heterocycles. The van der Waals surface area contributed by atoms with Crippen molar-refractivity contribution in [2.24, 2.45) is 0 Å². The van der Waals surface area contributed by atoms with Crippen LogP contribution in [0.15, 0.2) is 0 Å². The number of hydrogen-bond acceptors (Lipinski definition) is 0. The van der Waals surface area contributed by atoms with Crippen LogP contribution < -0.4 is 0 Å². The van der Waals surface area contributed by atoms with Gasteiger partial charge in [-0.05, 0) is 6.92 Å². The molecular formula is C3H3Cr-. The van der Waals surface area contributed by atoms with Gasteiger partial charge in [-0.15, -0.1) is 0 Å². The molecule has 0 aromatic carbocycles. The van der Waals surface area contributed by atoms with E-state index in [-0.39, 0.29) is 17.4 Å². The summed E-state index contributed by atoms with van der Waals surface area (Å²) >= 11 is 0. The van der Waals surface area contributed by atoms with Crippen molar-refractivity contribution in [2.45, 2.75) is 6.92 Å². The van der Waals surface area contributed by atoms with E-state index in [1.807, 2.05) is 5.92 Å². The van der Waals surface area contributed by atoms with Crippen molar-refractivity contribution >= 4 is 0 Å². The first-order valence-corrected chi connectivity index (χ1v) is 0.750. The van der Waals surface area contributed by atoms with Gasteiger partial charge in [0.2, 0.25) is 0 Å². The fraction of sp³-hybridized carbons (Fsp3) is 0.333. The van der Waals surface area contributed by atoms with Gasteiger partial charge in [0, 0.05) is 17.4 Å². The zero-order valence-corrected chi connectivity index (χ0v) is 3.68. The topological polar surface area (TPSA) is 0 Å². The monoisotopic (exact) mass is 91.0 g/mol. The van der Waals surface area contributed by atoms with Gasteiger partial charge in [0.15, 0.2) is 0 Å². The summed E-state index contributed by atoms with van der Waals surface area (Å²) in [6, 6.07) is 0. The van der Waals surface area contributed by atoms with Crippen LogP contribution in [-0.4, -0.2) is 0 Å². The first-order valence-electron chi connectivity index (χ1n) is 0.750. The van der Waals surface area contributed by atoms with Crippen LogP contribution in [0.25, 0.3) is 0 Å². The minimum atomic E-state index is 0. The van der Waals surface area contributed by atoms with E-state index in [2.05, 4.69) is 0 Å². The Bertz CT molecular complexity index is 24.8. The Hall–Kier alpha value is 0.0925. The number of hydrogen-bond donors (Lipinski definition) is 0. The van der Waals surface area contributed by atoms with Crippen LogP contribution in [0.2, 0.25) is 0 Å². The van der Waals surface area contributed by atoms with Gasteiger partial charge in [-0.1, -0.05) is 0 Å². The van der Waals surface area contributed by atoms with Gasteiger partial charge in [-0.3, -0.25) is 0 Å². The van der Waals surface area contributed by atoms with E-state index in [0.717, 1.165) is 0 Å². The average Bonchev–Trinajstić information content (AvgIpc) is 0.918. The predicted octanol–water partition coefficient (Wildman–Crippen LogP) is 0.594. The van der Waals surface area contributed by atoms with Crippen molar-refractivity contribution in [3.05, 3.63) is 6.42 Å². The Kier molecular flexibility index (Phi) is 25.4. The molecule has 0 atom stereocenters. The second-order valence-electron chi connectivity index (χ2n) is 0.250. The molecule has 1 heteroatoms. The van der Waals surface area contributed by atoms with E-state index in [1.165, 1.54) is 0 Å². The summed E-state index contributed by atoms with van der Waals surface area (Å²) < 4.78 is 0. The standard InChI is InChI=1S/C3H3.Cr/c1-3-2;/h1H3;/q-1;. The maximum atomic E-state index is 5.96. The Labute approximate surface area is 37.3 Å². The minimum Gasteiger partial charge on any atom is -0.694 e. The summed E-state index contributed by atoms with van der Waals surface area (Å²) in [4.78, 5) is 0. The van der Waals surface area contributed by atoms with Gasteiger partial charge in [-0.2, -0.15) is 0 Å². The fourth-order valence-corrected chi connectivity index (χ4v) is 0. The van der Waals surface area contributed by atoms with Crippen LogP contribution >= 0.6 is 0 Å². The molecule has 0 aliphatic rings. The van der Waals surface area contributed by atoms with Crippen LogP contribution in [-0.2, 0) is 17.4 Å². The largest absolute Gasteiger partial charge is 0.694 e. The molecule has 0 amide bonds. The van der Waals surface area contributed by atoms with Crippen molar-refractivity contribution in [1.82, 2.24) is 0 Å². The normalized spacial score (nSPS) is 2.00. The molecular weight excluding hydrogens is 88.0 g/mol. The maximum Gasteiger partial charge on any atom is 0 e. The first-order chi connectivity index (χ1) is 1.41. The molecule has 0 nitrogen and oxygen atoms in total. The molecule has 0 radical (unpaired) electrons. The van der Waals surface area contributed by atoms with E-state index in [4.69, 9.17) is 6.42 Å². The summed E-state index contributed by atoms with van der Waals surface area (Å²) in [6.45, 7) is 1.54. The van der Waals surface area contributed by atoms with Gasteiger partial charge in [0.1, 0.15) is 0 Å². The van der Waals surface area contributed by atoms with E-state index in [1.54, 1.807) is 6.92 Å². The molecule has 22 valence electrons. The molecule has 0 heterocycles. The molecule has 0 saturated heterocycles. The maximum absolute atomic E-state index is 5.96. The van der Waals surface area contributed by atoms with Crippen LogP contribution in [0.1, 0.15) is 6.92 Å². The minimum absolute atomic E-state index is 0. The summed E-state index contributed by atoms with van der Waals surface area (Å²) in [7, 11) is 0. The molecule has 0 spiro atoms. The molecule has 0 rings (SSSR count). The first kappa shape index (κ1) is 8.94. The molecule has 4 heavy (non-hydrogen) atoms. The molecule has 0 aromatic rings. The van der Waals surface area contributed by atoms with Crippen molar-refractivity contribution in [2.75, 3.05) is 0 Å². The van der Waals surface area contributed by atoms with E-state index >= 15 is 0 Å². The fourth-order valence-electron chi connectivity index (χ4n) is 0. The predicted molar refractivity (Wildman–Crippen MR) is 12.8 cm³/mol. The molecule has 0 saturated carbocycles. The van der Waals surface area contributed by atoms with Crippen molar-refractivity contribution in [3.63, 3.8) is 0 Å². The quantitative estimate of drug-likeness (QED) is 0.302. The molecule has 0 aliphatic heterocycles. The van der Waals surface area contributed by atoms with Crippen LogP contribution in [0.5, 0.6) is 0 Å². The summed E-state index contributed by atoms with van der Waals surface area (Å²) in [5.74, 6) is 2.00. The zero-order chi connectivity index (χ0) is 2.71. The second-order valence-corrected chi connectivity index (χ2v) is 0.250. The van der Waals surface area contributed by atoms with E-state index < -0.39 is 0 Å². The SMILES string of the molecule is [C-]#CC.[Cr].